The molecule has 0 aliphatic heterocycles. The maximum absolute atomic E-state index is 12.9. The fourth-order valence-corrected chi connectivity index (χ4v) is 3.20. The number of amides is 1. The number of rotatable bonds is 5. The van der Waals surface area contributed by atoms with E-state index in [9.17, 15) is 4.79 Å². The summed E-state index contributed by atoms with van der Waals surface area (Å²) in [7, 11) is 1.80. The summed E-state index contributed by atoms with van der Waals surface area (Å²) in [6.07, 6.45) is 5.10. The first-order valence-electron chi connectivity index (χ1n) is 7.72. The molecule has 3 aromatic heterocycles. The van der Waals surface area contributed by atoms with E-state index in [1.807, 2.05) is 24.3 Å². The molecule has 0 spiro atoms. The van der Waals surface area contributed by atoms with E-state index in [0.29, 0.717) is 17.9 Å². The molecule has 24 heavy (non-hydrogen) atoms. The quantitative estimate of drug-likeness (QED) is 0.715. The number of aromatic nitrogens is 4. The summed E-state index contributed by atoms with van der Waals surface area (Å²) in [6, 6.07) is 7.58. The third kappa shape index (κ3) is 3.21. The topological polar surface area (TPSA) is 63.9 Å². The van der Waals surface area contributed by atoms with Gasteiger partial charge in [-0.3, -0.25) is 4.79 Å². The minimum absolute atomic E-state index is 0.0470. The van der Waals surface area contributed by atoms with Gasteiger partial charge >= 0.3 is 0 Å². The first-order chi connectivity index (χ1) is 11.6. The zero-order valence-corrected chi connectivity index (χ0v) is 14.7. The lowest BCUT2D eigenvalue weighted by Gasteiger charge is -2.18. The minimum Gasteiger partial charge on any atom is -0.336 e. The maximum Gasteiger partial charge on any atom is 0.257 e. The third-order valence-corrected chi connectivity index (χ3v) is 4.41. The molecule has 3 rings (SSSR count). The Bertz CT molecular complexity index is 811. The molecule has 3 heterocycles. The second kappa shape index (κ2) is 6.92. The van der Waals surface area contributed by atoms with Gasteiger partial charge in [-0.25, -0.2) is 14.0 Å². The van der Waals surface area contributed by atoms with Gasteiger partial charge in [-0.2, -0.15) is 5.10 Å². The second-order valence-corrected chi connectivity index (χ2v) is 6.76. The summed E-state index contributed by atoms with van der Waals surface area (Å²) < 4.78 is 5.82. The Hall–Kier alpha value is -2.54. The lowest BCUT2D eigenvalue weighted by molar-refractivity contribution is 0.0785. The van der Waals surface area contributed by atoms with Crippen LogP contribution in [0, 0.1) is 0 Å². The summed E-state index contributed by atoms with van der Waals surface area (Å²) >= 11 is 1.40. The Morgan fingerprint density at radius 2 is 2.12 bits per heavy atom. The van der Waals surface area contributed by atoms with Crippen LogP contribution in [0.2, 0.25) is 0 Å². The SMILES string of the molecule is CC(C)c1c(C(=O)N(C)Cc2ccns2)cnn1-c1ccccn1. The molecule has 3 aromatic rings. The van der Waals surface area contributed by atoms with E-state index < -0.39 is 0 Å². The number of carbonyl (C=O) groups is 1. The van der Waals surface area contributed by atoms with E-state index in [1.165, 1.54) is 11.5 Å². The molecular formula is C17H19N5OS. The molecule has 0 unspecified atom stereocenters. The van der Waals surface area contributed by atoms with Gasteiger partial charge in [0.05, 0.1) is 24.0 Å². The van der Waals surface area contributed by atoms with Crippen LogP contribution in [0.1, 0.15) is 40.7 Å². The van der Waals surface area contributed by atoms with Gasteiger partial charge in [-0.15, -0.1) is 0 Å². The van der Waals surface area contributed by atoms with Crippen LogP contribution in [0.3, 0.4) is 0 Å². The van der Waals surface area contributed by atoms with E-state index in [4.69, 9.17) is 0 Å². The number of carbonyl (C=O) groups excluding carboxylic acids is 1. The predicted molar refractivity (Wildman–Crippen MR) is 93.4 cm³/mol. The molecule has 6 nitrogen and oxygen atoms in total. The third-order valence-electron chi connectivity index (χ3n) is 3.68. The summed E-state index contributed by atoms with van der Waals surface area (Å²) in [6.45, 7) is 4.64. The van der Waals surface area contributed by atoms with Crippen molar-refractivity contribution in [1.82, 2.24) is 24.0 Å². The first-order valence-corrected chi connectivity index (χ1v) is 8.49. The van der Waals surface area contributed by atoms with Gasteiger partial charge in [0.15, 0.2) is 5.82 Å². The van der Waals surface area contributed by atoms with Gasteiger partial charge in [0.1, 0.15) is 0 Å². The van der Waals surface area contributed by atoms with E-state index >= 15 is 0 Å². The number of pyridine rings is 1. The van der Waals surface area contributed by atoms with Gasteiger partial charge in [0.25, 0.3) is 5.91 Å². The standard InChI is InChI=1S/C17H19N5OS/c1-12(2)16-14(10-19-22(16)15-6-4-5-8-18-15)17(23)21(3)11-13-7-9-20-24-13/h4-10,12H,11H2,1-3H3. The molecule has 1 amide bonds. The van der Waals surface area contributed by atoms with Gasteiger partial charge in [-0.05, 0) is 35.6 Å². The van der Waals surface area contributed by atoms with Gasteiger partial charge in [-0.1, -0.05) is 19.9 Å². The lowest BCUT2D eigenvalue weighted by atomic mass is 10.0. The van der Waals surface area contributed by atoms with Crippen molar-refractivity contribution in [3.8, 4) is 5.82 Å². The van der Waals surface area contributed by atoms with Crippen molar-refractivity contribution in [1.29, 1.82) is 0 Å². The van der Waals surface area contributed by atoms with Gasteiger partial charge in [0.2, 0.25) is 0 Å². The highest BCUT2D eigenvalue weighted by molar-refractivity contribution is 7.05. The number of hydrogen-bond acceptors (Lipinski definition) is 5. The Balaban J connectivity index is 1.93. The predicted octanol–water partition coefficient (Wildman–Crippen LogP) is 3.12. The lowest BCUT2D eigenvalue weighted by Crippen LogP contribution is -2.27. The van der Waals surface area contributed by atoms with Crippen LogP contribution in [0.4, 0.5) is 0 Å². The normalized spacial score (nSPS) is 11.0. The zero-order chi connectivity index (χ0) is 17.1. The highest BCUT2D eigenvalue weighted by Crippen LogP contribution is 2.23. The van der Waals surface area contributed by atoms with Crippen molar-refractivity contribution in [3.63, 3.8) is 0 Å². The van der Waals surface area contributed by atoms with Crippen LogP contribution in [0.25, 0.3) is 5.82 Å². The molecule has 0 saturated carbocycles. The first kappa shape index (κ1) is 16.3. The van der Waals surface area contributed by atoms with Crippen LogP contribution in [-0.2, 0) is 6.54 Å². The molecule has 0 saturated heterocycles. The fraction of sp³-hybridized carbons (Fsp3) is 0.294. The molecule has 7 heteroatoms. The summed E-state index contributed by atoms with van der Waals surface area (Å²) in [5.41, 5.74) is 1.48. The van der Waals surface area contributed by atoms with E-state index in [1.54, 1.807) is 35.2 Å². The van der Waals surface area contributed by atoms with Crippen molar-refractivity contribution >= 4 is 17.4 Å². The molecule has 0 fully saturated rings. The van der Waals surface area contributed by atoms with Crippen molar-refractivity contribution < 1.29 is 4.79 Å². The Labute approximate surface area is 144 Å². The Morgan fingerprint density at radius 3 is 2.75 bits per heavy atom. The van der Waals surface area contributed by atoms with E-state index in [2.05, 4.69) is 28.3 Å². The highest BCUT2D eigenvalue weighted by atomic mass is 32.1. The largest absolute Gasteiger partial charge is 0.336 e. The van der Waals surface area contributed by atoms with Gasteiger partial charge in [0, 0.05) is 24.3 Å². The molecule has 0 radical (unpaired) electrons. The highest BCUT2D eigenvalue weighted by Gasteiger charge is 2.23. The Morgan fingerprint density at radius 1 is 1.29 bits per heavy atom. The maximum atomic E-state index is 12.9. The van der Waals surface area contributed by atoms with Crippen molar-refractivity contribution in [2.75, 3.05) is 7.05 Å². The summed E-state index contributed by atoms with van der Waals surface area (Å²) in [5.74, 6) is 0.810. The zero-order valence-electron chi connectivity index (χ0n) is 13.9. The van der Waals surface area contributed by atoms with Crippen molar-refractivity contribution in [2.24, 2.45) is 0 Å². The molecular weight excluding hydrogens is 322 g/mol. The fourth-order valence-electron chi connectivity index (χ4n) is 2.57. The average molecular weight is 341 g/mol. The van der Waals surface area contributed by atoms with Crippen LogP contribution < -0.4 is 0 Å². The number of nitrogens with zero attached hydrogens (tertiary/aromatic N) is 5. The molecule has 0 N–H and O–H groups in total. The van der Waals surface area contributed by atoms with Crippen LogP contribution in [0.5, 0.6) is 0 Å². The molecule has 0 atom stereocenters. The molecule has 0 aliphatic rings. The monoisotopic (exact) mass is 341 g/mol. The van der Waals surface area contributed by atoms with Crippen LogP contribution >= 0.6 is 11.5 Å². The van der Waals surface area contributed by atoms with Crippen LogP contribution in [0.15, 0.2) is 42.9 Å². The van der Waals surface area contributed by atoms with Crippen molar-refractivity contribution in [2.45, 2.75) is 26.3 Å². The van der Waals surface area contributed by atoms with E-state index in [0.717, 1.165) is 10.6 Å². The molecule has 0 aromatic carbocycles. The van der Waals surface area contributed by atoms with Crippen LogP contribution in [-0.4, -0.2) is 37.0 Å². The Kier molecular flexibility index (Phi) is 4.71. The average Bonchev–Trinajstić information content (AvgIpc) is 3.24. The smallest absolute Gasteiger partial charge is 0.257 e. The summed E-state index contributed by atoms with van der Waals surface area (Å²) in [4.78, 5) is 20.0. The minimum atomic E-state index is -0.0470. The molecule has 0 bridgehead atoms. The van der Waals surface area contributed by atoms with Crippen molar-refractivity contribution in [3.05, 3.63) is 59.0 Å². The molecule has 0 aliphatic carbocycles. The summed E-state index contributed by atoms with van der Waals surface area (Å²) in [5, 5.41) is 4.41. The second-order valence-electron chi connectivity index (χ2n) is 5.84. The van der Waals surface area contributed by atoms with E-state index in [-0.39, 0.29) is 11.8 Å². The molecule has 124 valence electrons. The number of hydrogen-bond donors (Lipinski definition) is 0. The van der Waals surface area contributed by atoms with Gasteiger partial charge < -0.3 is 4.90 Å².